The number of hydrogen-bond acceptors (Lipinski definition) is 7. The number of hydrogen-bond donors (Lipinski definition) is 0. The minimum Gasteiger partial charge on any atom is -0.493 e. The highest BCUT2D eigenvalue weighted by atomic mass is 16.5. The molecule has 1 aromatic heterocycles. The van der Waals surface area contributed by atoms with Crippen molar-refractivity contribution in [1.29, 1.82) is 0 Å². The molecule has 1 atom stereocenters. The van der Waals surface area contributed by atoms with Crippen molar-refractivity contribution >= 4 is 16.9 Å². The fraction of sp³-hybridized carbons (Fsp3) is 0.407. The number of amides is 1. The van der Waals surface area contributed by atoms with Crippen LogP contribution in [0.3, 0.4) is 0 Å². The number of methoxy groups -OCH3 is 3. The molecule has 0 bridgehead atoms. The lowest BCUT2D eigenvalue weighted by atomic mass is 9.96. The first-order chi connectivity index (χ1) is 16.7. The van der Waals surface area contributed by atoms with Gasteiger partial charge in [-0.2, -0.15) is 0 Å². The highest BCUT2D eigenvalue weighted by Gasteiger charge is 2.43. The van der Waals surface area contributed by atoms with Crippen LogP contribution in [-0.2, 0) is 0 Å². The zero-order valence-corrected chi connectivity index (χ0v) is 21.4. The van der Waals surface area contributed by atoms with Gasteiger partial charge >= 0.3 is 0 Å². The molecule has 0 saturated carbocycles. The molecule has 3 aromatic rings. The Balaban J connectivity index is 1.96. The van der Waals surface area contributed by atoms with Crippen LogP contribution in [0.15, 0.2) is 33.5 Å². The van der Waals surface area contributed by atoms with Crippen molar-refractivity contribution in [3.8, 4) is 17.2 Å². The SMILES string of the molecule is COc1cc([C@@H]2c3c(oc4cc(C)c(C)cc4c3=O)C(=O)N2CCCN(C)C)cc(OC)c1OC. The van der Waals surface area contributed by atoms with E-state index >= 15 is 0 Å². The van der Waals surface area contributed by atoms with Gasteiger partial charge in [-0.05, 0) is 81.9 Å². The Labute approximate surface area is 205 Å². The first kappa shape index (κ1) is 24.6. The number of ether oxygens (including phenoxy) is 3. The third-order valence-electron chi connectivity index (χ3n) is 6.59. The highest BCUT2D eigenvalue weighted by Crippen LogP contribution is 2.45. The Morgan fingerprint density at radius 1 is 0.943 bits per heavy atom. The molecule has 186 valence electrons. The van der Waals surface area contributed by atoms with Gasteiger partial charge in [-0.1, -0.05) is 0 Å². The van der Waals surface area contributed by atoms with Crippen LogP contribution in [0, 0.1) is 13.8 Å². The van der Waals surface area contributed by atoms with Crippen LogP contribution in [0.5, 0.6) is 17.2 Å². The quantitative estimate of drug-likeness (QED) is 0.483. The Bertz CT molecular complexity index is 1320. The van der Waals surface area contributed by atoms with Crippen molar-refractivity contribution in [3.05, 3.63) is 62.5 Å². The van der Waals surface area contributed by atoms with Crippen LogP contribution in [-0.4, -0.2) is 64.2 Å². The zero-order chi connectivity index (χ0) is 25.4. The maximum atomic E-state index is 13.8. The normalized spacial score (nSPS) is 15.1. The van der Waals surface area contributed by atoms with Gasteiger partial charge in [-0.15, -0.1) is 0 Å². The Morgan fingerprint density at radius 3 is 2.14 bits per heavy atom. The molecule has 0 spiro atoms. The first-order valence-corrected chi connectivity index (χ1v) is 11.5. The second-order valence-corrected chi connectivity index (χ2v) is 9.12. The predicted octanol–water partition coefficient (Wildman–Crippen LogP) is 3.93. The Morgan fingerprint density at radius 2 is 1.57 bits per heavy atom. The van der Waals surface area contributed by atoms with Crippen LogP contribution < -0.4 is 19.6 Å². The van der Waals surface area contributed by atoms with Crippen molar-refractivity contribution < 1.29 is 23.4 Å². The largest absolute Gasteiger partial charge is 0.493 e. The van der Waals surface area contributed by atoms with E-state index in [2.05, 4.69) is 4.90 Å². The molecule has 2 heterocycles. The van der Waals surface area contributed by atoms with Gasteiger partial charge in [0.1, 0.15) is 5.58 Å². The van der Waals surface area contributed by atoms with Gasteiger partial charge in [0.2, 0.25) is 11.5 Å². The van der Waals surface area contributed by atoms with Crippen LogP contribution in [0.1, 0.15) is 45.3 Å². The number of carbonyl (C=O) groups excluding carboxylic acids is 1. The molecule has 0 N–H and O–H groups in total. The van der Waals surface area contributed by atoms with Crippen LogP contribution in [0.25, 0.3) is 11.0 Å². The monoisotopic (exact) mass is 480 g/mol. The molecule has 1 amide bonds. The van der Waals surface area contributed by atoms with Gasteiger partial charge < -0.3 is 28.4 Å². The second kappa shape index (κ2) is 9.62. The summed E-state index contributed by atoms with van der Waals surface area (Å²) in [5.41, 5.74) is 3.23. The molecule has 8 nitrogen and oxygen atoms in total. The average molecular weight is 481 g/mol. The second-order valence-electron chi connectivity index (χ2n) is 9.12. The zero-order valence-electron chi connectivity index (χ0n) is 21.4. The Hall–Kier alpha value is -3.52. The molecule has 8 heteroatoms. The predicted molar refractivity (Wildman–Crippen MR) is 134 cm³/mol. The smallest absolute Gasteiger partial charge is 0.290 e. The number of nitrogens with zero attached hydrogens (tertiary/aromatic N) is 2. The van der Waals surface area contributed by atoms with Crippen molar-refractivity contribution in [3.63, 3.8) is 0 Å². The van der Waals surface area contributed by atoms with Crippen LogP contribution >= 0.6 is 0 Å². The Kier molecular flexibility index (Phi) is 6.76. The topological polar surface area (TPSA) is 81.5 Å². The van der Waals surface area contributed by atoms with E-state index in [9.17, 15) is 9.59 Å². The summed E-state index contributed by atoms with van der Waals surface area (Å²) < 4.78 is 22.7. The van der Waals surface area contributed by atoms with Gasteiger partial charge in [0.25, 0.3) is 5.91 Å². The lowest BCUT2D eigenvalue weighted by molar-refractivity contribution is 0.0721. The first-order valence-electron chi connectivity index (χ1n) is 11.5. The fourth-order valence-corrected chi connectivity index (χ4v) is 4.67. The summed E-state index contributed by atoms with van der Waals surface area (Å²) in [4.78, 5) is 31.2. The molecule has 0 unspecified atom stereocenters. The minimum absolute atomic E-state index is 0.0920. The molecule has 35 heavy (non-hydrogen) atoms. The molecule has 0 fully saturated rings. The van der Waals surface area contributed by atoms with E-state index in [4.69, 9.17) is 18.6 Å². The lowest BCUT2D eigenvalue weighted by Crippen LogP contribution is -2.32. The van der Waals surface area contributed by atoms with Gasteiger partial charge in [0.15, 0.2) is 16.9 Å². The lowest BCUT2D eigenvalue weighted by Gasteiger charge is -2.27. The summed E-state index contributed by atoms with van der Waals surface area (Å²) in [6.45, 7) is 5.16. The number of rotatable bonds is 8. The number of carbonyl (C=O) groups is 1. The molecule has 1 aliphatic heterocycles. The molecule has 4 rings (SSSR count). The molecular weight excluding hydrogens is 448 g/mol. The van der Waals surface area contributed by atoms with E-state index in [0.29, 0.717) is 45.9 Å². The van der Waals surface area contributed by atoms with Crippen molar-refractivity contribution in [2.24, 2.45) is 0 Å². The molecule has 0 aliphatic carbocycles. The fourth-order valence-electron chi connectivity index (χ4n) is 4.67. The summed E-state index contributed by atoms with van der Waals surface area (Å²) in [6.07, 6.45) is 0.736. The van der Waals surface area contributed by atoms with Gasteiger partial charge in [-0.3, -0.25) is 9.59 Å². The van der Waals surface area contributed by atoms with E-state index in [1.807, 2.05) is 40.1 Å². The van der Waals surface area contributed by atoms with E-state index in [1.165, 1.54) is 21.3 Å². The molecule has 0 radical (unpaired) electrons. The van der Waals surface area contributed by atoms with E-state index < -0.39 is 6.04 Å². The number of aryl methyl sites for hydroxylation is 2. The molecule has 0 saturated heterocycles. The van der Waals surface area contributed by atoms with Gasteiger partial charge in [0.05, 0.1) is 38.3 Å². The maximum absolute atomic E-state index is 13.8. The summed E-state index contributed by atoms with van der Waals surface area (Å²) in [7, 11) is 8.58. The van der Waals surface area contributed by atoms with Gasteiger partial charge in [0, 0.05) is 6.54 Å². The summed E-state index contributed by atoms with van der Waals surface area (Å²) in [5.74, 6) is 1.14. The number of fused-ring (bicyclic) bond motifs is 2. The van der Waals surface area contributed by atoms with E-state index in [1.54, 1.807) is 17.0 Å². The average Bonchev–Trinajstić information content (AvgIpc) is 3.11. The van der Waals surface area contributed by atoms with Crippen LogP contribution in [0.2, 0.25) is 0 Å². The van der Waals surface area contributed by atoms with Crippen molar-refractivity contribution in [2.45, 2.75) is 26.3 Å². The van der Waals surface area contributed by atoms with Crippen LogP contribution in [0.4, 0.5) is 0 Å². The number of benzene rings is 2. The molecular formula is C27H32N2O6. The molecule has 1 aliphatic rings. The highest BCUT2D eigenvalue weighted by molar-refractivity contribution is 5.99. The minimum atomic E-state index is -0.643. The maximum Gasteiger partial charge on any atom is 0.290 e. The summed E-state index contributed by atoms with van der Waals surface area (Å²) in [6, 6.07) is 6.59. The third-order valence-corrected chi connectivity index (χ3v) is 6.59. The third kappa shape index (κ3) is 4.23. The van der Waals surface area contributed by atoms with Crippen molar-refractivity contribution in [1.82, 2.24) is 9.80 Å². The summed E-state index contributed by atoms with van der Waals surface area (Å²) in [5, 5.41) is 0.465. The van der Waals surface area contributed by atoms with E-state index in [-0.39, 0.29) is 17.1 Å². The van der Waals surface area contributed by atoms with Gasteiger partial charge in [-0.25, -0.2) is 0 Å². The summed E-state index contributed by atoms with van der Waals surface area (Å²) >= 11 is 0. The van der Waals surface area contributed by atoms with E-state index in [0.717, 1.165) is 24.1 Å². The standard InChI is InChI=1S/C27H32N2O6/c1-15-11-18-19(12-16(15)2)35-26-22(24(18)30)23(29(27(26)31)10-8-9-28(3)4)17-13-20(32-5)25(34-7)21(14-17)33-6/h11-14,23H,8-10H2,1-7H3/t23-/m1/s1. The van der Waals surface area contributed by atoms with Crippen molar-refractivity contribution in [2.75, 3.05) is 48.5 Å². The molecule has 2 aromatic carbocycles.